The number of hydrogen-bond acceptors (Lipinski definition) is 4. The molecule has 30 heavy (non-hydrogen) atoms. The van der Waals surface area contributed by atoms with Gasteiger partial charge in [-0.3, -0.25) is 0 Å². The third kappa shape index (κ3) is 5.19. The fourth-order valence-electron chi connectivity index (χ4n) is 3.41. The Hall–Kier alpha value is -2.85. The van der Waals surface area contributed by atoms with Crippen LogP contribution in [0.15, 0.2) is 77.8 Å². The third-order valence-corrected chi connectivity index (χ3v) is 5.35. The van der Waals surface area contributed by atoms with Crippen molar-refractivity contribution in [3.63, 3.8) is 0 Å². The molecule has 0 aromatic heterocycles. The molecule has 4 rings (SSSR count). The molecule has 0 N–H and O–H groups in total. The van der Waals surface area contributed by atoms with Crippen molar-refractivity contribution in [3.8, 4) is 16.9 Å². The summed E-state index contributed by atoms with van der Waals surface area (Å²) in [6.45, 7) is 0.748. The minimum Gasteiger partial charge on any atom is -0.489 e. The number of aliphatic imine (C=N–C) groups is 1. The molecule has 3 nitrogen and oxygen atoms in total. The van der Waals surface area contributed by atoms with Gasteiger partial charge >= 0.3 is 0 Å². The molecule has 0 saturated heterocycles. The van der Waals surface area contributed by atoms with Gasteiger partial charge in [-0.05, 0) is 59.9 Å². The molecule has 1 aliphatic carbocycles. The summed E-state index contributed by atoms with van der Waals surface area (Å²) >= 11 is 4.61. The molecule has 1 fully saturated rings. The van der Waals surface area contributed by atoms with Gasteiger partial charge in [0.1, 0.15) is 18.2 Å². The maximum Gasteiger partial charge on any atom is 0.129 e. The van der Waals surface area contributed by atoms with Crippen LogP contribution in [0.25, 0.3) is 11.1 Å². The summed E-state index contributed by atoms with van der Waals surface area (Å²) in [6.07, 6.45) is 1.75. The first kappa shape index (κ1) is 20.4. The summed E-state index contributed by atoms with van der Waals surface area (Å²) in [5.41, 5.74) is 3.37. The van der Waals surface area contributed by atoms with Crippen LogP contribution >= 0.6 is 12.2 Å². The number of benzene rings is 3. The van der Waals surface area contributed by atoms with E-state index in [0.717, 1.165) is 35.3 Å². The second-order valence-corrected chi connectivity index (χ2v) is 7.57. The van der Waals surface area contributed by atoms with E-state index < -0.39 is 0 Å². The van der Waals surface area contributed by atoms with Gasteiger partial charge < -0.3 is 9.47 Å². The summed E-state index contributed by atoms with van der Waals surface area (Å²) in [7, 11) is 0. The number of ether oxygens (including phenoxy) is 2. The Balaban J connectivity index is 1.37. The minimum atomic E-state index is -0.268. The van der Waals surface area contributed by atoms with Crippen LogP contribution in [-0.4, -0.2) is 17.3 Å². The molecular formula is C25H22FNO2S. The minimum absolute atomic E-state index is 0.111. The SMILES string of the molecule is Fc1cc(-c2cccc(OCc3ccccc3)c2)ccc1CO[C@H]1C[C@H](N=C=S)C1. The second-order valence-electron chi connectivity index (χ2n) is 7.39. The maximum atomic E-state index is 14.6. The monoisotopic (exact) mass is 419 g/mol. The van der Waals surface area contributed by atoms with E-state index in [0.29, 0.717) is 12.2 Å². The predicted octanol–water partition coefficient (Wildman–Crippen LogP) is 6.22. The van der Waals surface area contributed by atoms with Gasteiger partial charge in [0.2, 0.25) is 0 Å². The molecule has 0 spiro atoms. The lowest BCUT2D eigenvalue weighted by Gasteiger charge is -2.31. The highest BCUT2D eigenvalue weighted by Crippen LogP contribution is 2.29. The van der Waals surface area contributed by atoms with Gasteiger partial charge in [-0.1, -0.05) is 54.6 Å². The summed E-state index contributed by atoms with van der Waals surface area (Å²) in [5.74, 6) is 0.485. The van der Waals surface area contributed by atoms with E-state index in [-0.39, 0.29) is 24.6 Å². The van der Waals surface area contributed by atoms with Crippen molar-refractivity contribution in [3.05, 3.63) is 89.7 Å². The van der Waals surface area contributed by atoms with Crippen molar-refractivity contribution in [2.75, 3.05) is 0 Å². The first-order chi connectivity index (χ1) is 14.7. The van der Waals surface area contributed by atoms with Crippen LogP contribution in [0.4, 0.5) is 4.39 Å². The summed E-state index contributed by atoms with van der Waals surface area (Å²) in [4.78, 5) is 4.04. The zero-order valence-corrected chi connectivity index (χ0v) is 17.3. The van der Waals surface area contributed by atoms with Gasteiger partial charge in [0, 0.05) is 5.56 Å². The average molecular weight is 420 g/mol. The smallest absolute Gasteiger partial charge is 0.129 e. The van der Waals surface area contributed by atoms with Crippen LogP contribution in [0, 0.1) is 5.82 Å². The zero-order valence-electron chi connectivity index (χ0n) is 16.5. The van der Waals surface area contributed by atoms with E-state index in [1.807, 2.05) is 60.7 Å². The van der Waals surface area contributed by atoms with E-state index in [1.165, 1.54) is 0 Å². The molecule has 0 bridgehead atoms. The number of thiocarbonyl (C=S) groups is 1. The van der Waals surface area contributed by atoms with Crippen molar-refractivity contribution >= 4 is 17.4 Å². The quantitative estimate of drug-likeness (QED) is 0.321. The van der Waals surface area contributed by atoms with Crippen molar-refractivity contribution < 1.29 is 13.9 Å². The molecule has 152 valence electrons. The van der Waals surface area contributed by atoms with Crippen molar-refractivity contribution in [1.82, 2.24) is 0 Å². The highest BCUT2D eigenvalue weighted by molar-refractivity contribution is 7.78. The van der Waals surface area contributed by atoms with Crippen LogP contribution in [0.5, 0.6) is 5.75 Å². The van der Waals surface area contributed by atoms with Crippen LogP contribution < -0.4 is 4.74 Å². The molecule has 0 radical (unpaired) electrons. The molecule has 0 aliphatic heterocycles. The summed E-state index contributed by atoms with van der Waals surface area (Å²) in [6, 6.07) is 23.2. The molecule has 1 aliphatic rings. The van der Waals surface area contributed by atoms with Crippen LogP contribution in [0.2, 0.25) is 0 Å². The van der Waals surface area contributed by atoms with Crippen LogP contribution in [0.1, 0.15) is 24.0 Å². The summed E-state index contributed by atoms with van der Waals surface area (Å²) in [5, 5.41) is 2.40. The number of nitrogens with zero attached hydrogens (tertiary/aromatic N) is 1. The van der Waals surface area contributed by atoms with E-state index in [1.54, 1.807) is 12.1 Å². The molecule has 3 aromatic carbocycles. The largest absolute Gasteiger partial charge is 0.489 e. The standard InChI is InChI=1S/C25H22FNO2S/c26-25-12-20(9-10-21(25)16-29-24-13-22(14-24)27-17-30)19-7-4-8-23(11-19)28-15-18-5-2-1-3-6-18/h1-12,22,24H,13-16H2/t22-,24-. The molecule has 5 heteroatoms. The molecular weight excluding hydrogens is 397 g/mol. The first-order valence-corrected chi connectivity index (χ1v) is 10.4. The van der Waals surface area contributed by atoms with E-state index >= 15 is 0 Å². The predicted molar refractivity (Wildman–Crippen MR) is 119 cm³/mol. The molecule has 1 saturated carbocycles. The van der Waals surface area contributed by atoms with Crippen LogP contribution in [-0.2, 0) is 18.0 Å². The van der Waals surface area contributed by atoms with E-state index in [2.05, 4.69) is 22.4 Å². The fourth-order valence-corrected chi connectivity index (χ4v) is 3.56. The van der Waals surface area contributed by atoms with Gasteiger partial charge in [0.25, 0.3) is 0 Å². The Kier molecular flexibility index (Phi) is 6.65. The topological polar surface area (TPSA) is 30.8 Å². The molecule has 0 atom stereocenters. The molecule has 0 amide bonds. The maximum absolute atomic E-state index is 14.6. The Labute approximate surface area is 181 Å². The van der Waals surface area contributed by atoms with E-state index in [9.17, 15) is 4.39 Å². The Morgan fingerprint density at radius 1 is 0.933 bits per heavy atom. The molecule has 0 unspecified atom stereocenters. The average Bonchev–Trinajstić information content (AvgIpc) is 2.75. The van der Waals surface area contributed by atoms with Gasteiger partial charge in [0.05, 0.1) is 23.9 Å². The van der Waals surface area contributed by atoms with Gasteiger partial charge in [0.15, 0.2) is 0 Å². The van der Waals surface area contributed by atoms with Crippen LogP contribution in [0.3, 0.4) is 0 Å². The highest BCUT2D eigenvalue weighted by Gasteiger charge is 2.29. The van der Waals surface area contributed by atoms with E-state index in [4.69, 9.17) is 9.47 Å². The Bertz CT molecular complexity index is 1040. The van der Waals surface area contributed by atoms with Gasteiger partial charge in [-0.15, -0.1) is 0 Å². The van der Waals surface area contributed by atoms with Crippen molar-refractivity contribution in [2.45, 2.75) is 38.2 Å². The fraction of sp³-hybridized carbons (Fsp3) is 0.240. The Morgan fingerprint density at radius 3 is 2.50 bits per heavy atom. The Morgan fingerprint density at radius 2 is 1.73 bits per heavy atom. The lowest BCUT2D eigenvalue weighted by Crippen LogP contribution is -2.34. The number of halogens is 1. The second kappa shape index (κ2) is 9.77. The number of hydrogen-bond donors (Lipinski definition) is 0. The third-order valence-electron chi connectivity index (χ3n) is 5.25. The normalized spacial score (nSPS) is 17.6. The lowest BCUT2D eigenvalue weighted by atomic mass is 9.90. The highest BCUT2D eigenvalue weighted by atomic mass is 32.1. The lowest BCUT2D eigenvalue weighted by molar-refractivity contribution is -0.0192. The number of rotatable bonds is 8. The zero-order chi connectivity index (χ0) is 20.8. The summed E-state index contributed by atoms with van der Waals surface area (Å²) < 4.78 is 26.3. The van der Waals surface area contributed by atoms with Gasteiger partial charge in [-0.2, -0.15) is 0 Å². The van der Waals surface area contributed by atoms with Crippen molar-refractivity contribution in [2.24, 2.45) is 4.99 Å². The van der Waals surface area contributed by atoms with Gasteiger partial charge in [-0.25, -0.2) is 9.38 Å². The van der Waals surface area contributed by atoms with Crippen molar-refractivity contribution in [1.29, 1.82) is 0 Å². The first-order valence-electron chi connectivity index (χ1n) is 9.95. The number of isothiocyanates is 1. The molecule has 0 heterocycles. The molecule has 3 aromatic rings.